The summed E-state index contributed by atoms with van der Waals surface area (Å²) >= 11 is 0. The van der Waals surface area contributed by atoms with Gasteiger partial charge in [0.15, 0.2) is 5.96 Å². The second-order valence-corrected chi connectivity index (χ2v) is 7.91. The Kier molecular flexibility index (Phi) is 2.13. The van der Waals surface area contributed by atoms with E-state index in [-0.39, 0.29) is 0 Å². The van der Waals surface area contributed by atoms with Crippen LogP contribution in [0.15, 0.2) is 4.99 Å². The van der Waals surface area contributed by atoms with E-state index in [0.29, 0.717) is 5.41 Å². The van der Waals surface area contributed by atoms with Crippen molar-refractivity contribution in [3.63, 3.8) is 0 Å². The first-order valence-electron chi connectivity index (χ1n) is 8.37. The van der Waals surface area contributed by atoms with Crippen LogP contribution in [0.25, 0.3) is 0 Å². The Morgan fingerprint density at radius 3 is 2.42 bits per heavy atom. The summed E-state index contributed by atoms with van der Waals surface area (Å²) in [6.07, 6.45) is 10.6. The van der Waals surface area contributed by atoms with Gasteiger partial charge in [-0.05, 0) is 68.1 Å². The molecule has 0 aromatic heterocycles. The van der Waals surface area contributed by atoms with Gasteiger partial charge < -0.3 is 10.2 Å². The van der Waals surface area contributed by atoms with Gasteiger partial charge in [0.25, 0.3) is 0 Å². The van der Waals surface area contributed by atoms with Gasteiger partial charge in [-0.15, -0.1) is 0 Å². The number of hydrogen-bond donors (Lipinski definition) is 1. The summed E-state index contributed by atoms with van der Waals surface area (Å²) in [6, 6.07) is 0.809. The first-order valence-corrected chi connectivity index (χ1v) is 8.37. The molecule has 2 heterocycles. The molecule has 0 aromatic carbocycles. The average Bonchev–Trinajstić information content (AvgIpc) is 2.84. The summed E-state index contributed by atoms with van der Waals surface area (Å²) in [5.41, 5.74) is 0.669. The molecular weight excluding hydrogens is 234 g/mol. The SMILES string of the molecule is C1CC(C23CC4CC(CC(C4)C2)C3)N2CCNC2=N1. The molecule has 4 saturated carbocycles. The Balaban J connectivity index is 1.50. The predicted octanol–water partition coefficient (Wildman–Crippen LogP) is 2.24. The largest absolute Gasteiger partial charge is 0.354 e. The number of rotatable bonds is 1. The monoisotopic (exact) mass is 259 g/mol. The lowest BCUT2D eigenvalue weighted by atomic mass is 9.47. The quantitative estimate of drug-likeness (QED) is 0.782. The summed E-state index contributed by atoms with van der Waals surface area (Å²) < 4.78 is 0. The van der Waals surface area contributed by atoms with Crippen molar-refractivity contribution < 1.29 is 0 Å². The van der Waals surface area contributed by atoms with Gasteiger partial charge in [-0.3, -0.25) is 4.99 Å². The molecule has 1 saturated heterocycles. The molecule has 4 bridgehead atoms. The highest BCUT2D eigenvalue weighted by atomic mass is 15.4. The topological polar surface area (TPSA) is 27.6 Å². The fourth-order valence-corrected chi connectivity index (χ4v) is 6.62. The van der Waals surface area contributed by atoms with Crippen LogP contribution in [0, 0.1) is 23.2 Å². The Labute approximate surface area is 115 Å². The third kappa shape index (κ3) is 1.47. The van der Waals surface area contributed by atoms with E-state index < -0.39 is 0 Å². The maximum atomic E-state index is 4.70. The van der Waals surface area contributed by atoms with Crippen molar-refractivity contribution in [2.45, 2.75) is 51.0 Å². The maximum absolute atomic E-state index is 4.70. The Hall–Kier alpha value is -0.730. The fourth-order valence-electron chi connectivity index (χ4n) is 6.62. The van der Waals surface area contributed by atoms with E-state index in [2.05, 4.69) is 10.2 Å². The second kappa shape index (κ2) is 3.67. The van der Waals surface area contributed by atoms with Gasteiger partial charge in [-0.25, -0.2) is 0 Å². The molecule has 0 radical (unpaired) electrons. The third-order valence-electron chi connectivity index (χ3n) is 6.74. The van der Waals surface area contributed by atoms with Crippen molar-refractivity contribution in [1.29, 1.82) is 0 Å². The molecule has 1 atom stereocenters. The number of hydrogen-bond acceptors (Lipinski definition) is 3. The van der Waals surface area contributed by atoms with Gasteiger partial charge in [0, 0.05) is 25.7 Å². The zero-order valence-electron chi connectivity index (χ0n) is 11.8. The van der Waals surface area contributed by atoms with Crippen molar-refractivity contribution in [3.8, 4) is 0 Å². The molecule has 3 nitrogen and oxygen atoms in total. The molecule has 1 unspecified atom stereocenters. The predicted molar refractivity (Wildman–Crippen MR) is 76.0 cm³/mol. The van der Waals surface area contributed by atoms with E-state index in [4.69, 9.17) is 4.99 Å². The Bertz CT molecular complexity index is 392. The van der Waals surface area contributed by atoms with Crippen LogP contribution in [0.5, 0.6) is 0 Å². The standard InChI is InChI=1S/C16H25N3/c1-2-17-15-18-3-4-19(15)14(1)16-8-11-5-12(9-16)7-13(6-11)10-16/h11-14H,1-10H2,(H,17,18). The first kappa shape index (κ1) is 11.0. The summed E-state index contributed by atoms with van der Waals surface area (Å²) in [7, 11) is 0. The third-order valence-corrected chi connectivity index (χ3v) is 6.74. The molecule has 3 heteroatoms. The smallest absolute Gasteiger partial charge is 0.194 e. The van der Waals surface area contributed by atoms with Crippen LogP contribution < -0.4 is 5.32 Å². The number of nitrogens with zero attached hydrogens (tertiary/aromatic N) is 2. The van der Waals surface area contributed by atoms with Crippen molar-refractivity contribution in [2.75, 3.05) is 19.6 Å². The normalized spacial score (nSPS) is 50.9. The van der Waals surface area contributed by atoms with Crippen LogP contribution >= 0.6 is 0 Å². The Morgan fingerprint density at radius 2 is 1.74 bits per heavy atom. The lowest BCUT2D eigenvalue weighted by molar-refractivity contribution is -0.0912. The van der Waals surface area contributed by atoms with E-state index >= 15 is 0 Å². The van der Waals surface area contributed by atoms with Crippen LogP contribution in [-0.4, -0.2) is 36.5 Å². The molecule has 0 amide bonds. The summed E-state index contributed by atoms with van der Waals surface area (Å²) in [5, 5.41) is 3.50. The zero-order chi connectivity index (χ0) is 12.4. The van der Waals surface area contributed by atoms with Gasteiger partial charge in [-0.1, -0.05) is 0 Å². The minimum absolute atomic E-state index is 0.669. The van der Waals surface area contributed by atoms with Crippen molar-refractivity contribution in [1.82, 2.24) is 10.2 Å². The van der Waals surface area contributed by atoms with E-state index in [1.807, 2.05) is 0 Å². The summed E-state index contributed by atoms with van der Waals surface area (Å²) in [5.74, 6) is 4.45. The first-order chi connectivity index (χ1) is 9.32. The van der Waals surface area contributed by atoms with Gasteiger partial charge in [0.2, 0.25) is 0 Å². The molecule has 1 N–H and O–H groups in total. The molecule has 0 aromatic rings. The van der Waals surface area contributed by atoms with E-state index in [0.717, 1.165) is 36.9 Å². The molecule has 2 aliphatic heterocycles. The van der Waals surface area contributed by atoms with Crippen LogP contribution in [0.4, 0.5) is 0 Å². The molecule has 6 aliphatic rings. The van der Waals surface area contributed by atoms with Gasteiger partial charge in [-0.2, -0.15) is 0 Å². The van der Waals surface area contributed by atoms with Gasteiger partial charge in [0.1, 0.15) is 0 Å². The zero-order valence-corrected chi connectivity index (χ0v) is 11.8. The highest BCUT2D eigenvalue weighted by molar-refractivity contribution is 5.82. The lowest BCUT2D eigenvalue weighted by Crippen LogP contribution is -2.59. The maximum Gasteiger partial charge on any atom is 0.194 e. The molecule has 4 aliphatic carbocycles. The van der Waals surface area contributed by atoms with E-state index in [1.54, 1.807) is 19.3 Å². The number of aliphatic imine (C=N–C) groups is 1. The summed E-state index contributed by atoms with van der Waals surface area (Å²) in [6.45, 7) is 3.37. The molecule has 5 fully saturated rings. The van der Waals surface area contributed by atoms with Crippen molar-refractivity contribution in [2.24, 2.45) is 28.2 Å². The molecule has 0 spiro atoms. The molecule has 104 valence electrons. The minimum Gasteiger partial charge on any atom is -0.354 e. The Morgan fingerprint density at radius 1 is 1.05 bits per heavy atom. The minimum atomic E-state index is 0.669. The molecule has 6 rings (SSSR count). The lowest BCUT2D eigenvalue weighted by Gasteiger charge is -2.61. The number of guanidine groups is 1. The summed E-state index contributed by atoms with van der Waals surface area (Å²) in [4.78, 5) is 7.35. The van der Waals surface area contributed by atoms with Gasteiger partial charge >= 0.3 is 0 Å². The van der Waals surface area contributed by atoms with Crippen LogP contribution in [-0.2, 0) is 0 Å². The highest BCUT2D eigenvalue weighted by Gasteiger charge is 2.56. The van der Waals surface area contributed by atoms with Gasteiger partial charge in [0.05, 0.1) is 0 Å². The van der Waals surface area contributed by atoms with Crippen molar-refractivity contribution in [3.05, 3.63) is 0 Å². The van der Waals surface area contributed by atoms with Crippen molar-refractivity contribution >= 4 is 5.96 Å². The number of nitrogens with one attached hydrogen (secondary N) is 1. The van der Waals surface area contributed by atoms with Crippen LogP contribution in [0.3, 0.4) is 0 Å². The van der Waals surface area contributed by atoms with Crippen LogP contribution in [0.1, 0.15) is 44.9 Å². The number of fused-ring (bicyclic) bond motifs is 1. The van der Waals surface area contributed by atoms with E-state index in [1.165, 1.54) is 38.2 Å². The average molecular weight is 259 g/mol. The molecular formula is C16H25N3. The van der Waals surface area contributed by atoms with Crippen LogP contribution in [0.2, 0.25) is 0 Å². The molecule has 19 heavy (non-hydrogen) atoms. The fraction of sp³-hybridized carbons (Fsp3) is 0.938. The highest BCUT2D eigenvalue weighted by Crippen LogP contribution is 2.62. The second-order valence-electron chi connectivity index (χ2n) is 7.91. The van der Waals surface area contributed by atoms with E-state index in [9.17, 15) is 0 Å².